The molecule has 0 aromatic heterocycles. The minimum atomic E-state index is 0.108. The Morgan fingerprint density at radius 1 is 1.33 bits per heavy atom. The van der Waals surface area contributed by atoms with Crippen molar-refractivity contribution in [3.63, 3.8) is 0 Å². The van der Waals surface area contributed by atoms with Crippen molar-refractivity contribution in [3.05, 3.63) is 0 Å². The molecule has 4 heteroatoms. The molecule has 1 fully saturated rings. The van der Waals surface area contributed by atoms with Crippen LogP contribution in [0.3, 0.4) is 0 Å². The Morgan fingerprint density at radius 3 is 2.53 bits per heavy atom. The van der Waals surface area contributed by atoms with Crippen LogP contribution in [0.2, 0.25) is 0 Å². The highest BCUT2D eigenvalue weighted by molar-refractivity contribution is 5.75. The van der Waals surface area contributed by atoms with Gasteiger partial charge in [-0.05, 0) is 19.3 Å². The van der Waals surface area contributed by atoms with Gasteiger partial charge in [0.1, 0.15) is 6.29 Å². The van der Waals surface area contributed by atoms with Crippen LogP contribution < -0.4 is 0 Å². The van der Waals surface area contributed by atoms with Gasteiger partial charge in [-0.15, -0.1) is 0 Å². The predicted molar refractivity (Wildman–Crippen MR) is 58.7 cm³/mol. The van der Waals surface area contributed by atoms with Gasteiger partial charge in [0.2, 0.25) is 0 Å². The zero-order valence-electron chi connectivity index (χ0n) is 9.45. The van der Waals surface area contributed by atoms with Crippen molar-refractivity contribution < 1.29 is 9.59 Å². The normalized spacial score (nSPS) is 15.4. The molecule has 0 atom stereocenters. The number of likely N-dealkylation sites (tertiary alicyclic amines) is 1. The first-order chi connectivity index (χ1) is 7.29. The van der Waals surface area contributed by atoms with E-state index in [2.05, 4.69) is 0 Å². The molecule has 0 N–H and O–H groups in total. The number of urea groups is 1. The fourth-order valence-electron chi connectivity index (χ4n) is 1.89. The SMILES string of the molecule is CCCN(CCC=O)C(=O)N1CCCC1. The van der Waals surface area contributed by atoms with E-state index >= 15 is 0 Å². The Kier molecular flexibility index (Phi) is 5.15. The Hall–Kier alpha value is -1.06. The molecule has 15 heavy (non-hydrogen) atoms. The maximum atomic E-state index is 12.0. The Bertz CT molecular complexity index is 213. The van der Waals surface area contributed by atoms with Gasteiger partial charge >= 0.3 is 6.03 Å². The summed E-state index contributed by atoms with van der Waals surface area (Å²) in [5.74, 6) is 0. The van der Waals surface area contributed by atoms with Crippen LogP contribution in [0.4, 0.5) is 4.79 Å². The largest absolute Gasteiger partial charge is 0.325 e. The second-order valence-corrected chi connectivity index (χ2v) is 3.92. The quantitative estimate of drug-likeness (QED) is 0.648. The second-order valence-electron chi connectivity index (χ2n) is 3.92. The Balaban J connectivity index is 2.44. The molecule has 0 aromatic rings. The van der Waals surface area contributed by atoms with Gasteiger partial charge in [-0.25, -0.2) is 4.79 Å². The molecule has 86 valence electrons. The maximum Gasteiger partial charge on any atom is 0.320 e. The van der Waals surface area contributed by atoms with Crippen LogP contribution in [0.5, 0.6) is 0 Å². The molecule has 0 saturated carbocycles. The highest BCUT2D eigenvalue weighted by Crippen LogP contribution is 2.11. The standard InChI is InChI=1S/C11H20N2O2/c1-2-6-12(9-5-10-14)11(15)13-7-3-4-8-13/h10H,2-9H2,1H3. The molecular weight excluding hydrogens is 192 g/mol. The van der Waals surface area contributed by atoms with Gasteiger partial charge in [-0.3, -0.25) is 0 Å². The van der Waals surface area contributed by atoms with Gasteiger partial charge in [0.05, 0.1) is 0 Å². The van der Waals surface area contributed by atoms with E-state index in [9.17, 15) is 9.59 Å². The molecule has 1 aliphatic heterocycles. The molecule has 1 saturated heterocycles. The van der Waals surface area contributed by atoms with Crippen molar-refractivity contribution in [2.45, 2.75) is 32.6 Å². The van der Waals surface area contributed by atoms with E-state index in [1.54, 1.807) is 4.90 Å². The Labute approximate surface area is 91.2 Å². The van der Waals surface area contributed by atoms with Crippen molar-refractivity contribution in [1.82, 2.24) is 9.80 Å². The highest BCUT2D eigenvalue weighted by Gasteiger charge is 2.22. The first-order valence-corrected chi connectivity index (χ1v) is 5.77. The van der Waals surface area contributed by atoms with Crippen molar-refractivity contribution in [3.8, 4) is 0 Å². The van der Waals surface area contributed by atoms with Crippen LogP contribution >= 0.6 is 0 Å². The lowest BCUT2D eigenvalue weighted by Crippen LogP contribution is -2.42. The number of nitrogens with zero attached hydrogens (tertiary/aromatic N) is 2. The minimum Gasteiger partial charge on any atom is -0.325 e. The van der Waals surface area contributed by atoms with Crippen molar-refractivity contribution in [2.24, 2.45) is 0 Å². The number of amides is 2. The highest BCUT2D eigenvalue weighted by atomic mass is 16.2. The van der Waals surface area contributed by atoms with E-state index in [0.29, 0.717) is 13.0 Å². The van der Waals surface area contributed by atoms with Crippen LogP contribution in [-0.4, -0.2) is 48.3 Å². The molecule has 2 amide bonds. The molecule has 4 nitrogen and oxygen atoms in total. The topological polar surface area (TPSA) is 40.6 Å². The summed E-state index contributed by atoms with van der Waals surface area (Å²) >= 11 is 0. The van der Waals surface area contributed by atoms with Crippen LogP contribution in [0.1, 0.15) is 32.6 Å². The number of hydrogen-bond acceptors (Lipinski definition) is 2. The summed E-state index contributed by atoms with van der Waals surface area (Å²) in [5.41, 5.74) is 0. The monoisotopic (exact) mass is 212 g/mol. The maximum absolute atomic E-state index is 12.0. The zero-order valence-corrected chi connectivity index (χ0v) is 9.45. The fourth-order valence-corrected chi connectivity index (χ4v) is 1.89. The van der Waals surface area contributed by atoms with Crippen LogP contribution in [-0.2, 0) is 4.79 Å². The third-order valence-corrected chi connectivity index (χ3v) is 2.66. The van der Waals surface area contributed by atoms with E-state index < -0.39 is 0 Å². The summed E-state index contributed by atoms with van der Waals surface area (Å²) in [5, 5.41) is 0. The number of hydrogen-bond donors (Lipinski definition) is 0. The van der Waals surface area contributed by atoms with Gasteiger partial charge in [-0.1, -0.05) is 6.92 Å². The predicted octanol–water partition coefficient (Wildman–Crippen LogP) is 1.50. The molecule has 0 spiro atoms. The number of rotatable bonds is 5. The van der Waals surface area contributed by atoms with E-state index in [1.165, 1.54) is 0 Å². The van der Waals surface area contributed by atoms with Gasteiger partial charge in [0, 0.05) is 32.6 Å². The molecule has 0 bridgehead atoms. The van der Waals surface area contributed by atoms with Crippen LogP contribution in [0.15, 0.2) is 0 Å². The van der Waals surface area contributed by atoms with Gasteiger partial charge in [0.25, 0.3) is 0 Å². The van der Waals surface area contributed by atoms with Crippen LogP contribution in [0.25, 0.3) is 0 Å². The molecule has 1 aliphatic rings. The average molecular weight is 212 g/mol. The fraction of sp³-hybridized carbons (Fsp3) is 0.818. The first kappa shape index (κ1) is 12.0. The third-order valence-electron chi connectivity index (χ3n) is 2.66. The summed E-state index contributed by atoms with van der Waals surface area (Å²) in [4.78, 5) is 26.0. The number of carbonyl (C=O) groups excluding carboxylic acids is 2. The lowest BCUT2D eigenvalue weighted by Gasteiger charge is -2.27. The molecule has 0 radical (unpaired) electrons. The van der Waals surface area contributed by atoms with Gasteiger partial charge in [0.15, 0.2) is 0 Å². The van der Waals surface area contributed by atoms with E-state index in [4.69, 9.17) is 0 Å². The van der Waals surface area contributed by atoms with Crippen molar-refractivity contribution in [2.75, 3.05) is 26.2 Å². The van der Waals surface area contributed by atoms with Crippen LogP contribution in [0, 0.1) is 0 Å². The smallest absolute Gasteiger partial charge is 0.320 e. The zero-order chi connectivity index (χ0) is 11.1. The summed E-state index contributed by atoms with van der Waals surface area (Å²) in [6.45, 7) is 5.11. The molecule has 1 heterocycles. The molecule has 0 unspecified atom stereocenters. The van der Waals surface area contributed by atoms with E-state index in [0.717, 1.165) is 45.2 Å². The average Bonchev–Trinajstić information content (AvgIpc) is 2.76. The van der Waals surface area contributed by atoms with Crippen molar-refractivity contribution >= 4 is 12.3 Å². The molecule has 0 aliphatic carbocycles. The summed E-state index contributed by atoms with van der Waals surface area (Å²) < 4.78 is 0. The lowest BCUT2D eigenvalue weighted by atomic mass is 10.3. The summed E-state index contributed by atoms with van der Waals surface area (Å²) in [6.07, 6.45) is 4.48. The molecule has 1 rings (SSSR count). The molecule has 0 aromatic carbocycles. The lowest BCUT2D eigenvalue weighted by molar-refractivity contribution is -0.108. The minimum absolute atomic E-state index is 0.108. The summed E-state index contributed by atoms with van der Waals surface area (Å²) in [7, 11) is 0. The second kappa shape index (κ2) is 6.43. The van der Waals surface area contributed by atoms with E-state index in [1.807, 2.05) is 11.8 Å². The molecular formula is C11H20N2O2. The summed E-state index contributed by atoms with van der Waals surface area (Å²) in [6, 6.07) is 0.108. The van der Waals surface area contributed by atoms with Crippen molar-refractivity contribution in [1.29, 1.82) is 0 Å². The van der Waals surface area contributed by atoms with Gasteiger partial charge < -0.3 is 14.6 Å². The third kappa shape index (κ3) is 3.53. The van der Waals surface area contributed by atoms with Gasteiger partial charge in [-0.2, -0.15) is 0 Å². The first-order valence-electron chi connectivity index (χ1n) is 5.77. The number of aldehydes is 1. The Morgan fingerprint density at radius 2 is 2.00 bits per heavy atom. The van der Waals surface area contributed by atoms with E-state index in [-0.39, 0.29) is 6.03 Å². The number of carbonyl (C=O) groups is 2.